The molecule has 0 aromatic heterocycles. The minimum Gasteiger partial charge on any atom is -0.357 e. The van der Waals surface area contributed by atoms with Crippen molar-refractivity contribution in [3.05, 3.63) is 0 Å². The van der Waals surface area contributed by atoms with Gasteiger partial charge in [-0.2, -0.15) is 0 Å². The first kappa shape index (κ1) is 9.64. The molecule has 3 heteroatoms. The summed E-state index contributed by atoms with van der Waals surface area (Å²) in [5, 5.41) is 8.11. The molecule has 3 nitrogen and oxygen atoms in total. The van der Waals surface area contributed by atoms with Gasteiger partial charge in [-0.1, -0.05) is 6.42 Å². The Morgan fingerprint density at radius 1 is 1.00 bits per heavy atom. The van der Waals surface area contributed by atoms with Gasteiger partial charge in [0.05, 0.1) is 5.84 Å². The van der Waals surface area contributed by atoms with E-state index in [1.54, 1.807) is 0 Å². The SMILES string of the molecule is N=C(C1CC1)N1CCN2CCCCC2C1. The summed E-state index contributed by atoms with van der Waals surface area (Å²) in [7, 11) is 0. The predicted octanol–water partition coefficient (Wildman–Crippen LogP) is 1.54. The highest BCUT2D eigenvalue weighted by molar-refractivity contribution is 5.83. The monoisotopic (exact) mass is 207 g/mol. The number of nitrogens with one attached hydrogen (secondary N) is 1. The standard InChI is InChI=1S/C12H21N3/c13-12(10-4-5-10)15-8-7-14-6-2-1-3-11(14)9-15/h10-11,13H,1-9H2. The maximum Gasteiger partial charge on any atom is 0.0990 e. The molecule has 3 rings (SSSR count). The average Bonchev–Trinajstić information content (AvgIpc) is 3.11. The second kappa shape index (κ2) is 3.78. The van der Waals surface area contributed by atoms with E-state index in [0.29, 0.717) is 5.92 Å². The summed E-state index contributed by atoms with van der Waals surface area (Å²) in [5.74, 6) is 1.57. The molecule has 1 aliphatic carbocycles. The molecule has 84 valence electrons. The van der Waals surface area contributed by atoms with E-state index >= 15 is 0 Å². The molecule has 1 atom stereocenters. The third-order valence-electron chi connectivity index (χ3n) is 4.14. The first-order valence-corrected chi connectivity index (χ1v) is 6.42. The molecule has 0 aromatic rings. The normalized spacial score (nSPS) is 32.5. The van der Waals surface area contributed by atoms with Crippen molar-refractivity contribution in [2.45, 2.75) is 38.1 Å². The van der Waals surface area contributed by atoms with Gasteiger partial charge in [-0.3, -0.25) is 10.3 Å². The summed E-state index contributed by atoms with van der Waals surface area (Å²) in [6.45, 7) is 4.73. The fourth-order valence-corrected chi connectivity index (χ4v) is 2.99. The Labute approximate surface area is 91.9 Å². The van der Waals surface area contributed by atoms with E-state index in [1.807, 2.05) is 0 Å². The van der Waals surface area contributed by atoms with Crippen LogP contribution in [0.4, 0.5) is 0 Å². The van der Waals surface area contributed by atoms with Gasteiger partial charge in [0.1, 0.15) is 0 Å². The maximum atomic E-state index is 8.11. The number of rotatable bonds is 1. The van der Waals surface area contributed by atoms with Crippen molar-refractivity contribution >= 4 is 5.84 Å². The van der Waals surface area contributed by atoms with E-state index in [-0.39, 0.29) is 0 Å². The molecule has 0 spiro atoms. The third kappa shape index (κ3) is 1.89. The zero-order chi connectivity index (χ0) is 10.3. The molecule has 0 aromatic carbocycles. The Hall–Kier alpha value is -0.570. The number of piperazine rings is 1. The van der Waals surface area contributed by atoms with Crippen molar-refractivity contribution in [1.29, 1.82) is 5.41 Å². The number of nitrogens with zero attached hydrogens (tertiary/aromatic N) is 2. The van der Waals surface area contributed by atoms with Crippen LogP contribution in [0, 0.1) is 11.3 Å². The molecule has 0 radical (unpaired) electrons. The lowest BCUT2D eigenvalue weighted by Crippen LogP contribution is -2.56. The zero-order valence-corrected chi connectivity index (χ0v) is 9.41. The van der Waals surface area contributed by atoms with Gasteiger partial charge >= 0.3 is 0 Å². The Kier molecular flexibility index (Phi) is 2.43. The summed E-state index contributed by atoms with van der Waals surface area (Å²) in [5.41, 5.74) is 0. The van der Waals surface area contributed by atoms with Crippen LogP contribution < -0.4 is 0 Å². The molecular weight excluding hydrogens is 186 g/mol. The lowest BCUT2D eigenvalue weighted by molar-refractivity contribution is 0.0787. The van der Waals surface area contributed by atoms with E-state index in [9.17, 15) is 0 Å². The highest BCUT2D eigenvalue weighted by Gasteiger charge is 2.35. The van der Waals surface area contributed by atoms with Gasteiger partial charge in [-0.15, -0.1) is 0 Å². The second-order valence-electron chi connectivity index (χ2n) is 5.29. The minimum absolute atomic E-state index is 0.625. The molecule has 0 bridgehead atoms. The van der Waals surface area contributed by atoms with E-state index in [2.05, 4.69) is 9.80 Å². The van der Waals surface area contributed by atoms with Gasteiger partial charge in [0.25, 0.3) is 0 Å². The summed E-state index contributed by atoms with van der Waals surface area (Å²) in [4.78, 5) is 4.99. The molecule has 2 aliphatic heterocycles. The van der Waals surface area contributed by atoms with Crippen LogP contribution in [-0.2, 0) is 0 Å². The lowest BCUT2D eigenvalue weighted by atomic mass is 9.99. The molecule has 3 fully saturated rings. The Morgan fingerprint density at radius 3 is 2.67 bits per heavy atom. The van der Waals surface area contributed by atoms with Crippen LogP contribution in [0.15, 0.2) is 0 Å². The van der Waals surface area contributed by atoms with E-state index in [1.165, 1.54) is 45.2 Å². The first-order chi connectivity index (χ1) is 7.34. The molecule has 15 heavy (non-hydrogen) atoms. The molecule has 1 N–H and O–H groups in total. The van der Waals surface area contributed by atoms with Crippen molar-refractivity contribution in [3.8, 4) is 0 Å². The van der Waals surface area contributed by atoms with Crippen LogP contribution in [-0.4, -0.2) is 47.9 Å². The molecular formula is C12H21N3. The topological polar surface area (TPSA) is 30.3 Å². The van der Waals surface area contributed by atoms with Gasteiger partial charge in [-0.05, 0) is 32.2 Å². The second-order valence-corrected chi connectivity index (χ2v) is 5.29. The van der Waals surface area contributed by atoms with Crippen LogP contribution in [0.2, 0.25) is 0 Å². The molecule has 2 heterocycles. The van der Waals surface area contributed by atoms with Gasteiger partial charge in [-0.25, -0.2) is 0 Å². The molecule has 1 unspecified atom stereocenters. The van der Waals surface area contributed by atoms with E-state index in [4.69, 9.17) is 5.41 Å². The van der Waals surface area contributed by atoms with Crippen LogP contribution in [0.1, 0.15) is 32.1 Å². The number of amidine groups is 1. The summed E-state index contributed by atoms with van der Waals surface area (Å²) < 4.78 is 0. The summed E-state index contributed by atoms with van der Waals surface area (Å²) in [6.07, 6.45) is 6.67. The van der Waals surface area contributed by atoms with Gasteiger partial charge in [0, 0.05) is 31.6 Å². The van der Waals surface area contributed by atoms with Crippen molar-refractivity contribution in [1.82, 2.24) is 9.80 Å². The van der Waals surface area contributed by atoms with Crippen LogP contribution in [0.3, 0.4) is 0 Å². The molecule has 2 saturated heterocycles. The quantitative estimate of drug-likeness (QED) is 0.522. The third-order valence-corrected chi connectivity index (χ3v) is 4.14. The van der Waals surface area contributed by atoms with Crippen molar-refractivity contribution < 1.29 is 0 Å². The molecule has 1 saturated carbocycles. The summed E-state index contributed by atoms with van der Waals surface area (Å²) in [6, 6.07) is 0.756. The fraction of sp³-hybridized carbons (Fsp3) is 0.917. The number of fused-ring (bicyclic) bond motifs is 1. The van der Waals surface area contributed by atoms with E-state index < -0.39 is 0 Å². The Bertz CT molecular complexity index is 260. The number of hydrogen-bond donors (Lipinski definition) is 1. The van der Waals surface area contributed by atoms with Crippen molar-refractivity contribution in [2.75, 3.05) is 26.2 Å². The first-order valence-electron chi connectivity index (χ1n) is 6.42. The fourth-order valence-electron chi connectivity index (χ4n) is 2.99. The van der Waals surface area contributed by atoms with Gasteiger partial charge in [0.15, 0.2) is 0 Å². The van der Waals surface area contributed by atoms with Crippen LogP contribution >= 0.6 is 0 Å². The molecule has 0 amide bonds. The smallest absolute Gasteiger partial charge is 0.0990 e. The molecule has 3 aliphatic rings. The van der Waals surface area contributed by atoms with E-state index in [0.717, 1.165) is 25.0 Å². The minimum atomic E-state index is 0.625. The largest absolute Gasteiger partial charge is 0.357 e. The average molecular weight is 207 g/mol. The Morgan fingerprint density at radius 2 is 1.87 bits per heavy atom. The van der Waals surface area contributed by atoms with Crippen molar-refractivity contribution in [3.63, 3.8) is 0 Å². The van der Waals surface area contributed by atoms with Crippen LogP contribution in [0.5, 0.6) is 0 Å². The number of piperidine rings is 1. The van der Waals surface area contributed by atoms with Crippen LogP contribution in [0.25, 0.3) is 0 Å². The summed E-state index contributed by atoms with van der Waals surface area (Å²) >= 11 is 0. The van der Waals surface area contributed by atoms with Crippen molar-refractivity contribution in [2.24, 2.45) is 5.92 Å². The maximum absolute atomic E-state index is 8.11. The highest BCUT2D eigenvalue weighted by atomic mass is 15.3. The highest BCUT2D eigenvalue weighted by Crippen LogP contribution is 2.32. The van der Waals surface area contributed by atoms with Gasteiger partial charge in [0.2, 0.25) is 0 Å². The van der Waals surface area contributed by atoms with Gasteiger partial charge < -0.3 is 4.90 Å². The lowest BCUT2D eigenvalue weighted by Gasteiger charge is -2.45. The number of hydrogen-bond acceptors (Lipinski definition) is 2. The Balaban J connectivity index is 1.61. The predicted molar refractivity (Wildman–Crippen MR) is 61.2 cm³/mol. The zero-order valence-electron chi connectivity index (χ0n) is 9.41.